The first-order valence-corrected chi connectivity index (χ1v) is 6.42. The summed E-state index contributed by atoms with van der Waals surface area (Å²) < 4.78 is 1.57. The number of pyridine rings is 1. The average molecular weight is 256 g/mol. The Kier molecular flexibility index (Phi) is 3.03. The van der Waals surface area contributed by atoms with Gasteiger partial charge in [-0.1, -0.05) is 0 Å². The van der Waals surface area contributed by atoms with Crippen LogP contribution >= 0.6 is 0 Å². The van der Waals surface area contributed by atoms with Crippen molar-refractivity contribution in [3.05, 3.63) is 52.7 Å². The van der Waals surface area contributed by atoms with Crippen LogP contribution in [-0.4, -0.2) is 27.9 Å². The smallest absolute Gasteiger partial charge is 0.266 e. The molecule has 5 nitrogen and oxygen atoms in total. The lowest BCUT2D eigenvalue weighted by atomic mass is 9.99. The lowest BCUT2D eigenvalue weighted by Crippen LogP contribution is -2.49. The van der Waals surface area contributed by atoms with Crippen LogP contribution in [0.15, 0.2) is 41.5 Å². The highest BCUT2D eigenvalue weighted by Gasteiger charge is 2.27. The van der Waals surface area contributed by atoms with Crippen LogP contribution in [0.3, 0.4) is 0 Å². The molecular weight excluding hydrogens is 240 g/mol. The Labute approximate surface area is 111 Å². The molecule has 2 aromatic heterocycles. The number of aryl methyl sites for hydroxylation is 1. The van der Waals surface area contributed by atoms with Gasteiger partial charge in [-0.2, -0.15) is 5.10 Å². The molecule has 19 heavy (non-hydrogen) atoms. The Bertz CT molecular complexity index is 617. The Morgan fingerprint density at radius 2 is 1.95 bits per heavy atom. The molecule has 1 aliphatic rings. The lowest BCUT2D eigenvalue weighted by molar-refractivity contribution is 0.333. The molecule has 0 bridgehead atoms. The minimum absolute atomic E-state index is 0.0204. The molecule has 1 aliphatic heterocycles. The highest BCUT2D eigenvalue weighted by Crippen LogP contribution is 2.24. The van der Waals surface area contributed by atoms with Gasteiger partial charge in [0.15, 0.2) is 0 Å². The van der Waals surface area contributed by atoms with Crippen LogP contribution in [-0.2, 0) is 6.54 Å². The molecule has 0 aromatic carbocycles. The maximum Gasteiger partial charge on any atom is 0.266 e. The predicted octanol–water partition coefficient (Wildman–Crippen LogP) is 1.08. The van der Waals surface area contributed by atoms with Gasteiger partial charge in [-0.25, -0.2) is 4.68 Å². The van der Waals surface area contributed by atoms with Crippen molar-refractivity contribution in [2.24, 2.45) is 5.92 Å². The van der Waals surface area contributed by atoms with Crippen LogP contribution in [0.5, 0.6) is 0 Å². The van der Waals surface area contributed by atoms with Crippen LogP contribution in [0, 0.1) is 12.8 Å². The standard InChI is InChI=1S/C14H16N4O/c1-11-2-3-14(19)18(16-11)10-12-8-17(9-12)13-4-6-15-7-5-13/h2-7,12H,8-10H2,1H3. The number of nitrogens with zero attached hydrogens (tertiary/aromatic N) is 4. The summed E-state index contributed by atoms with van der Waals surface area (Å²) in [6.07, 6.45) is 3.60. The normalized spacial score (nSPS) is 15.3. The third-order valence-electron chi connectivity index (χ3n) is 3.42. The SMILES string of the molecule is Cc1ccc(=O)n(CC2CN(c3ccncc3)C2)n1. The van der Waals surface area contributed by atoms with Crippen LogP contribution in [0.4, 0.5) is 5.69 Å². The summed E-state index contributed by atoms with van der Waals surface area (Å²) in [5, 5.41) is 4.27. The van der Waals surface area contributed by atoms with E-state index in [4.69, 9.17) is 0 Å². The summed E-state index contributed by atoms with van der Waals surface area (Å²) in [6.45, 7) is 4.53. The van der Waals surface area contributed by atoms with Crippen molar-refractivity contribution in [2.75, 3.05) is 18.0 Å². The third-order valence-corrected chi connectivity index (χ3v) is 3.42. The first-order valence-electron chi connectivity index (χ1n) is 6.42. The molecule has 0 spiro atoms. The van der Waals surface area contributed by atoms with E-state index in [2.05, 4.69) is 15.0 Å². The molecule has 1 saturated heterocycles. The first-order chi connectivity index (χ1) is 9.22. The molecule has 1 fully saturated rings. The molecule has 0 atom stereocenters. The fourth-order valence-corrected chi connectivity index (χ4v) is 2.38. The van der Waals surface area contributed by atoms with E-state index in [-0.39, 0.29) is 5.56 Å². The average Bonchev–Trinajstić information content (AvgIpc) is 2.38. The van der Waals surface area contributed by atoms with Crippen molar-refractivity contribution in [1.29, 1.82) is 0 Å². The van der Waals surface area contributed by atoms with Crippen molar-refractivity contribution in [3.63, 3.8) is 0 Å². The zero-order valence-electron chi connectivity index (χ0n) is 10.9. The number of anilines is 1. The molecule has 0 unspecified atom stereocenters. The van der Waals surface area contributed by atoms with Gasteiger partial charge in [0, 0.05) is 43.2 Å². The van der Waals surface area contributed by atoms with E-state index in [0.717, 1.165) is 18.8 Å². The van der Waals surface area contributed by atoms with Gasteiger partial charge < -0.3 is 4.90 Å². The lowest BCUT2D eigenvalue weighted by Gasteiger charge is -2.41. The zero-order valence-corrected chi connectivity index (χ0v) is 10.9. The molecule has 0 aliphatic carbocycles. The van der Waals surface area contributed by atoms with E-state index in [1.165, 1.54) is 5.69 Å². The highest BCUT2D eigenvalue weighted by atomic mass is 16.1. The van der Waals surface area contributed by atoms with E-state index in [0.29, 0.717) is 12.5 Å². The third kappa shape index (κ3) is 2.50. The second-order valence-corrected chi connectivity index (χ2v) is 4.97. The Morgan fingerprint density at radius 1 is 1.21 bits per heavy atom. The van der Waals surface area contributed by atoms with Gasteiger partial charge >= 0.3 is 0 Å². The molecule has 2 aromatic rings. The second kappa shape index (κ2) is 4.84. The summed E-state index contributed by atoms with van der Waals surface area (Å²) >= 11 is 0. The Hall–Kier alpha value is -2.17. The molecular formula is C14H16N4O. The molecule has 0 radical (unpaired) electrons. The van der Waals surface area contributed by atoms with Gasteiger partial charge in [-0.3, -0.25) is 9.78 Å². The second-order valence-electron chi connectivity index (χ2n) is 4.97. The summed E-state index contributed by atoms with van der Waals surface area (Å²) in [6, 6.07) is 7.35. The van der Waals surface area contributed by atoms with E-state index < -0.39 is 0 Å². The van der Waals surface area contributed by atoms with E-state index in [1.807, 2.05) is 19.1 Å². The molecule has 0 saturated carbocycles. The maximum atomic E-state index is 11.7. The van der Waals surface area contributed by atoms with Gasteiger partial charge in [0.1, 0.15) is 0 Å². The summed E-state index contributed by atoms with van der Waals surface area (Å²) in [7, 11) is 0. The van der Waals surface area contributed by atoms with Gasteiger partial charge in [-0.15, -0.1) is 0 Å². The molecule has 3 heterocycles. The summed E-state index contributed by atoms with van der Waals surface area (Å²) in [5.74, 6) is 0.486. The summed E-state index contributed by atoms with van der Waals surface area (Å²) in [4.78, 5) is 18.0. The minimum atomic E-state index is -0.0204. The topological polar surface area (TPSA) is 51.0 Å². The minimum Gasteiger partial charge on any atom is -0.371 e. The number of rotatable bonds is 3. The Morgan fingerprint density at radius 3 is 2.68 bits per heavy atom. The van der Waals surface area contributed by atoms with Crippen LogP contribution in [0.25, 0.3) is 0 Å². The fourth-order valence-electron chi connectivity index (χ4n) is 2.38. The van der Waals surface area contributed by atoms with Crippen LogP contribution in [0.2, 0.25) is 0 Å². The van der Waals surface area contributed by atoms with E-state index in [1.54, 1.807) is 29.2 Å². The first kappa shape index (κ1) is 11.9. The van der Waals surface area contributed by atoms with Gasteiger partial charge in [0.25, 0.3) is 5.56 Å². The van der Waals surface area contributed by atoms with E-state index >= 15 is 0 Å². The molecule has 3 rings (SSSR count). The molecule has 0 N–H and O–H groups in total. The van der Waals surface area contributed by atoms with Crippen LogP contribution in [0.1, 0.15) is 5.69 Å². The monoisotopic (exact) mass is 256 g/mol. The predicted molar refractivity (Wildman–Crippen MR) is 73.2 cm³/mol. The maximum absolute atomic E-state index is 11.7. The fraction of sp³-hybridized carbons (Fsp3) is 0.357. The quantitative estimate of drug-likeness (QED) is 0.824. The summed E-state index contributed by atoms with van der Waals surface area (Å²) in [5.41, 5.74) is 2.05. The van der Waals surface area contributed by atoms with Crippen molar-refractivity contribution in [3.8, 4) is 0 Å². The number of hydrogen-bond acceptors (Lipinski definition) is 4. The van der Waals surface area contributed by atoms with Crippen molar-refractivity contribution >= 4 is 5.69 Å². The van der Waals surface area contributed by atoms with Crippen molar-refractivity contribution in [2.45, 2.75) is 13.5 Å². The van der Waals surface area contributed by atoms with Crippen molar-refractivity contribution in [1.82, 2.24) is 14.8 Å². The molecule has 0 amide bonds. The zero-order chi connectivity index (χ0) is 13.2. The van der Waals surface area contributed by atoms with Crippen molar-refractivity contribution < 1.29 is 0 Å². The molecule has 98 valence electrons. The molecule has 5 heteroatoms. The highest BCUT2D eigenvalue weighted by molar-refractivity contribution is 5.47. The van der Waals surface area contributed by atoms with Gasteiger partial charge in [0.05, 0.1) is 12.2 Å². The largest absolute Gasteiger partial charge is 0.371 e. The number of hydrogen-bond donors (Lipinski definition) is 0. The van der Waals surface area contributed by atoms with Crippen LogP contribution < -0.4 is 10.5 Å². The van der Waals surface area contributed by atoms with Gasteiger partial charge in [-0.05, 0) is 25.1 Å². The number of aromatic nitrogens is 3. The Balaban J connectivity index is 1.63. The van der Waals surface area contributed by atoms with E-state index in [9.17, 15) is 4.79 Å². The van der Waals surface area contributed by atoms with Gasteiger partial charge in [0.2, 0.25) is 0 Å².